The van der Waals surface area contributed by atoms with Gasteiger partial charge >= 0.3 is 5.97 Å². The van der Waals surface area contributed by atoms with E-state index in [0.717, 1.165) is 42.1 Å². The quantitative estimate of drug-likeness (QED) is 0.793. The Kier molecular flexibility index (Phi) is 4.72. The highest BCUT2D eigenvalue weighted by molar-refractivity contribution is 8.06. The second kappa shape index (κ2) is 6.29. The van der Waals surface area contributed by atoms with Crippen molar-refractivity contribution in [2.24, 2.45) is 0 Å². The smallest absolute Gasteiger partial charge is 0.336 e. The third-order valence-corrected chi connectivity index (χ3v) is 4.18. The Morgan fingerprint density at radius 3 is 3.11 bits per heavy atom. The summed E-state index contributed by atoms with van der Waals surface area (Å²) in [5, 5.41) is 12.1. The number of thioether (sulfide) groups is 1. The lowest BCUT2D eigenvalue weighted by Gasteiger charge is -2.22. The molecule has 0 aromatic carbocycles. The average Bonchev–Trinajstić information content (AvgIpc) is 2.62. The van der Waals surface area contributed by atoms with Crippen LogP contribution in [0.15, 0.2) is 21.7 Å². The predicted molar refractivity (Wildman–Crippen MR) is 71.6 cm³/mol. The van der Waals surface area contributed by atoms with Crippen LogP contribution < -0.4 is 0 Å². The van der Waals surface area contributed by atoms with Crippen molar-refractivity contribution in [1.82, 2.24) is 4.90 Å². The van der Waals surface area contributed by atoms with Gasteiger partial charge in [-0.1, -0.05) is 11.8 Å². The van der Waals surface area contributed by atoms with Gasteiger partial charge in [-0.05, 0) is 31.6 Å². The number of nitrogens with zero attached hydrogens (tertiary/aromatic N) is 1. The van der Waals surface area contributed by atoms with E-state index in [4.69, 9.17) is 9.84 Å². The van der Waals surface area contributed by atoms with Crippen molar-refractivity contribution in [1.29, 1.82) is 0 Å². The van der Waals surface area contributed by atoms with Gasteiger partial charge in [-0.3, -0.25) is 0 Å². The van der Waals surface area contributed by atoms with Crippen LogP contribution >= 0.6 is 11.8 Å². The van der Waals surface area contributed by atoms with Gasteiger partial charge in [-0.15, -0.1) is 0 Å². The third-order valence-electron chi connectivity index (χ3n) is 3.10. The van der Waals surface area contributed by atoms with E-state index in [9.17, 15) is 4.79 Å². The van der Waals surface area contributed by atoms with E-state index in [-0.39, 0.29) is 12.6 Å². The van der Waals surface area contributed by atoms with Crippen LogP contribution in [-0.2, 0) is 9.53 Å². The molecule has 2 rings (SSSR count). The SMILES string of the molecule is CCOC(=O)C1=C2SC=C(CCO)N2CCCC1. The first-order valence-electron chi connectivity index (χ1n) is 6.42. The number of hydrogen-bond acceptors (Lipinski definition) is 5. The van der Waals surface area contributed by atoms with Gasteiger partial charge in [-0.25, -0.2) is 4.79 Å². The maximum Gasteiger partial charge on any atom is 0.336 e. The van der Waals surface area contributed by atoms with Crippen molar-refractivity contribution in [2.45, 2.75) is 32.6 Å². The van der Waals surface area contributed by atoms with Crippen LogP contribution in [0, 0.1) is 0 Å². The Hall–Kier alpha value is -0.940. The molecule has 0 fully saturated rings. The molecule has 0 spiro atoms. The first-order valence-corrected chi connectivity index (χ1v) is 7.30. The molecule has 0 atom stereocenters. The lowest BCUT2D eigenvalue weighted by Crippen LogP contribution is -2.21. The maximum absolute atomic E-state index is 12.0. The Labute approximate surface area is 112 Å². The fourth-order valence-electron chi connectivity index (χ4n) is 2.26. The fourth-order valence-corrected chi connectivity index (χ4v) is 3.41. The molecule has 0 aromatic rings. The van der Waals surface area contributed by atoms with Gasteiger partial charge in [0.25, 0.3) is 0 Å². The molecule has 0 radical (unpaired) electrons. The predicted octanol–water partition coefficient (Wildman–Crippen LogP) is 2.22. The van der Waals surface area contributed by atoms with Gasteiger partial charge in [0.05, 0.1) is 17.2 Å². The number of rotatable bonds is 4. The maximum atomic E-state index is 12.0. The molecular weight excluding hydrogens is 250 g/mol. The molecule has 4 nitrogen and oxygen atoms in total. The summed E-state index contributed by atoms with van der Waals surface area (Å²) in [7, 11) is 0. The van der Waals surface area contributed by atoms with Crippen molar-refractivity contribution in [3.63, 3.8) is 0 Å². The minimum absolute atomic E-state index is 0.144. The van der Waals surface area contributed by atoms with Crippen LogP contribution in [-0.4, -0.2) is 35.7 Å². The second-order valence-corrected chi connectivity index (χ2v) is 5.17. The zero-order chi connectivity index (χ0) is 13.0. The van der Waals surface area contributed by atoms with E-state index in [1.165, 1.54) is 0 Å². The van der Waals surface area contributed by atoms with E-state index < -0.39 is 0 Å². The van der Waals surface area contributed by atoms with E-state index in [0.29, 0.717) is 13.0 Å². The molecule has 0 amide bonds. The van der Waals surface area contributed by atoms with Crippen molar-refractivity contribution < 1.29 is 14.6 Å². The molecule has 2 aliphatic rings. The topological polar surface area (TPSA) is 49.8 Å². The number of fused-ring (bicyclic) bond motifs is 1. The van der Waals surface area contributed by atoms with Crippen molar-refractivity contribution in [3.8, 4) is 0 Å². The molecule has 1 N–H and O–H groups in total. The molecule has 2 heterocycles. The van der Waals surface area contributed by atoms with Crippen molar-refractivity contribution >= 4 is 17.7 Å². The molecule has 0 unspecified atom stereocenters. The van der Waals surface area contributed by atoms with Crippen LogP contribution in [0.4, 0.5) is 0 Å². The molecule has 0 bridgehead atoms. The molecule has 2 aliphatic heterocycles. The summed E-state index contributed by atoms with van der Waals surface area (Å²) < 4.78 is 5.13. The Morgan fingerprint density at radius 2 is 2.39 bits per heavy atom. The number of aliphatic hydroxyl groups excluding tert-OH is 1. The van der Waals surface area contributed by atoms with Gasteiger partial charge in [0.1, 0.15) is 0 Å². The third kappa shape index (κ3) is 2.72. The number of esters is 1. The molecule has 0 saturated heterocycles. The Bertz CT molecular complexity index is 390. The monoisotopic (exact) mass is 269 g/mol. The summed E-state index contributed by atoms with van der Waals surface area (Å²) in [4.78, 5) is 14.1. The highest BCUT2D eigenvalue weighted by Crippen LogP contribution is 2.41. The van der Waals surface area contributed by atoms with E-state index in [1.807, 2.05) is 12.3 Å². The molecule has 5 heteroatoms. The van der Waals surface area contributed by atoms with Gasteiger partial charge in [-0.2, -0.15) is 0 Å². The summed E-state index contributed by atoms with van der Waals surface area (Å²) >= 11 is 1.58. The molecule has 0 saturated carbocycles. The number of aliphatic hydroxyl groups is 1. The van der Waals surface area contributed by atoms with Gasteiger partial charge in [0, 0.05) is 25.3 Å². The summed E-state index contributed by atoms with van der Waals surface area (Å²) in [6.45, 7) is 3.31. The Morgan fingerprint density at radius 1 is 1.56 bits per heavy atom. The van der Waals surface area contributed by atoms with Crippen LogP contribution in [0.1, 0.15) is 32.6 Å². The summed E-state index contributed by atoms with van der Waals surface area (Å²) in [5.74, 6) is -0.189. The standard InChI is InChI=1S/C13H19NO3S/c1-2-17-13(16)11-5-3-4-7-14-10(6-8-15)9-18-12(11)14/h9,15H,2-8H2,1H3. The highest BCUT2D eigenvalue weighted by atomic mass is 32.2. The van der Waals surface area contributed by atoms with Crippen LogP contribution in [0.25, 0.3) is 0 Å². The average molecular weight is 269 g/mol. The minimum atomic E-state index is -0.189. The number of ether oxygens (including phenoxy) is 1. The summed E-state index contributed by atoms with van der Waals surface area (Å²) in [6.07, 6.45) is 3.52. The molecular formula is C13H19NO3S. The number of carbonyl (C=O) groups is 1. The molecule has 0 aliphatic carbocycles. The van der Waals surface area contributed by atoms with E-state index >= 15 is 0 Å². The van der Waals surface area contributed by atoms with Crippen LogP contribution in [0.2, 0.25) is 0 Å². The number of carbonyl (C=O) groups excluding carboxylic acids is 1. The first-order chi connectivity index (χ1) is 8.77. The highest BCUT2D eigenvalue weighted by Gasteiger charge is 2.29. The zero-order valence-electron chi connectivity index (χ0n) is 10.6. The van der Waals surface area contributed by atoms with Gasteiger partial charge < -0.3 is 14.7 Å². The van der Waals surface area contributed by atoms with E-state index in [2.05, 4.69) is 4.90 Å². The summed E-state index contributed by atoms with van der Waals surface area (Å²) in [6, 6.07) is 0. The molecule has 100 valence electrons. The van der Waals surface area contributed by atoms with Crippen LogP contribution in [0.3, 0.4) is 0 Å². The van der Waals surface area contributed by atoms with Crippen LogP contribution in [0.5, 0.6) is 0 Å². The van der Waals surface area contributed by atoms with Crippen molar-refractivity contribution in [2.75, 3.05) is 19.8 Å². The fraction of sp³-hybridized carbons (Fsp3) is 0.615. The largest absolute Gasteiger partial charge is 0.463 e. The molecule has 0 aromatic heterocycles. The number of hydrogen-bond donors (Lipinski definition) is 1. The first kappa shape index (κ1) is 13.5. The minimum Gasteiger partial charge on any atom is -0.463 e. The molecule has 18 heavy (non-hydrogen) atoms. The lowest BCUT2D eigenvalue weighted by atomic mass is 10.1. The van der Waals surface area contributed by atoms with Crippen molar-refractivity contribution in [3.05, 3.63) is 21.7 Å². The Balaban J connectivity index is 2.22. The lowest BCUT2D eigenvalue weighted by molar-refractivity contribution is -0.138. The van der Waals surface area contributed by atoms with Gasteiger partial charge in [0.2, 0.25) is 0 Å². The second-order valence-electron chi connectivity index (χ2n) is 4.31. The van der Waals surface area contributed by atoms with E-state index in [1.54, 1.807) is 11.8 Å². The normalized spacial score (nSPS) is 19.4. The zero-order valence-corrected chi connectivity index (χ0v) is 11.5. The van der Waals surface area contributed by atoms with Gasteiger partial charge in [0.15, 0.2) is 0 Å². The summed E-state index contributed by atoms with van der Waals surface area (Å²) in [5.41, 5.74) is 1.91.